The van der Waals surface area contributed by atoms with E-state index >= 15 is 0 Å². The van der Waals surface area contributed by atoms with Crippen molar-refractivity contribution in [2.75, 3.05) is 39.4 Å². The average Bonchev–Trinajstić information content (AvgIpc) is 2.89. The van der Waals surface area contributed by atoms with Crippen molar-refractivity contribution in [1.29, 1.82) is 0 Å². The molecule has 0 bridgehead atoms. The highest BCUT2D eigenvalue weighted by molar-refractivity contribution is 5.91. The van der Waals surface area contributed by atoms with Crippen molar-refractivity contribution >= 4 is 5.91 Å². The van der Waals surface area contributed by atoms with Gasteiger partial charge in [0.05, 0.1) is 0 Å². The average molecular weight is 471 g/mol. The van der Waals surface area contributed by atoms with E-state index in [0.29, 0.717) is 31.4 Å². The zero-order valence-electron chi connectivity index (χ0n) is 20.7. The molecule has 1 saturated carbocycles. The summed E-state index contributed by atoms with van der Waals surface area (Å²) in [6.45, 7) is 6.80. The Balaban J connectivity index is 1.44. The normalized spacial score (nSPS) is 26.7. The molecule has 0 aromatic heterocycles. The molecule has 1 N–H and O–H groups in total. The summed E-state index contributed by atoms with van der Waals surface area (Å²) in [6, 6.07) is 10.5. The predicted octanol–water partition coefficient (Wildman–Crippen LogP) is 4.19. The van der Waals surface area contributed by atoms with Gasteiger partial charge in [-0.15, -0.1) is 0 Å². The third-order valence-corrected chi connectivity index (χ3v) is 7.77. The van der Waals surface area contributed by atoms with Gasteiger partial charge in [-0.3, -0.25) is 9.69 Å². The number of nitrogens with zero attached hydrogens (tertiary/aromatic N) is 2. The van der Waals surface area contributed by atoms with Gasteiger partial charge in [-0.2, -0.15) is 0 Å². The maximum atomic E-state index is 13.5. The maximum Gasteiger partial charge on any atom is 0.288 e. The van der Waals surface area contributed by atoms with Crippen LogP contribution in [0.1, 0.15) is 57.4 Å². The lowest BCUT2D eigenvalue weighted by atomic mass is 9.71. The molecule has 0 radical (unpaired) electrons. The van der Waals surface area contributed by atoms with E-state index in [2.05, 4.69) is 35.2 Å². The Kier molecular flexibility index (Phi) is 9.42. The molecule has 2 aliphatic heterocycles. The van der Waals surface area contributed by atoms with Crippen LogP contribution < -0.4 is 0 Å². The zero-order chi connectivity index (χ0) is 23.8. The van der Waals surface area contributed by atoms with Gasteiger partial charge in [-0.05, 0) is 56.1 Å². The van der Waals surface area contributed by atoms with Crippen LogP contribution in [0.3, 0.4) is 0 Å². The van der Waals surface area contributed by atoms with Crippen LogP contribution in [0, 0.1) is 17.8 Å². The van der Waals surface area contributed by atoms with Crippen LogP contribution in [0.5, 0.6) is 0 Å². The summed E-state index contributed by atoms with van der Waals surface area (Å²) >= 11 is 0. The second-order valence-corrected chi connectivity index (χ2v) is 10.0. The summed E-state index contributed by atoms with van der Waals surface area (Å²) in [5.41, 5.74) is 1.31. The second kappa shape index (κ2) is 12.7. The van der Waals surface area contributed by atoms with Crippen LogP contribution in [0.2, 0.25) is 0 Å². The molecule has 1 aromatic rings. The first-order valence-corrected chi connectivity index (χ1v) is 13.4. The summed E-state index contributed by atoms with van der Waals surface area (Å²) in [5.74, 6) is 1.51. The number of rotatable bonds is 9. The molecule has 2 heterocycles. The molecule has 6 nitrogen and oxygen atoms in total. The van der Waals surface area contributed by atoms with Crippen LogP contribution in [0.15, 0.2) is 42.2 Å². The third kappa shape index (κ3) is 6.41. The molecule has 3 atom stereocenters. The van der Waals surface area contributed by atoms with Gasteiger partial charge in [0, 0.05) is 51.9 Å². The standard InChI is InChI=1S/C28H42N2O4/c1-2-33-28-24(14-9-19-31)25(23-12-7-4-8-13-23)20-26(34-28)27(32)30-17-15-29(16-18-30)21-22-10-5-3-6-11-22/h3,5-6,10-11,20,23-25,28,31H,2,4,7-9,12-19,21H2,1H3/t24-,25+,28+/m1/s1. The smallest absolute Gasteiger partial charge is 0.288 e. The van der Waals surface area contributed by atoms with Crippen LogP contribution in [0.4, 0.5) is 0 Å². The molecule has 34 heavy (non-hydrogen) atoms. The van der Waals surface area contributed by atoms with Crippen LogP contribution >= 0.6 is 0 Å². The number of aliphatic hydroxyl groups excluding tert-OH is 1. The Morgan fingerprint density at radius 1 is 1.09 bits per heavy atom. The lowest BCUT2D eigenvalue weighted by Crippen LogP contribution is -2.50. The van der Waals surface area contributed by atoms with Gasteiger partial charge >= 0.3 is 0 Å². The van der Waals surface area contributed by atoms with Crippen molar-refractivity contribution in [3.63, 3.8) is 0 Å². The van der Waals surface area contributed by atoms with Crippen molar-refractivity contribution in [3.8, 4) is 0 Å². The zero-order valence-corrected chi connectivity index (χ0v) is 20.7. The number of hydrogen-bond acceptors (Lipinski definition) is 5. The fraction of sp³-hybridized carbons (Fsp3) is 0.679. The predicted molar refractivity (Wildman–Crippen MR) is 133 cm³/mol. The van der Waals surface area contributed by atoms with Gasteiger partial charge in [0.1, 0.15) is 0 Å². The number of ether oxygens (including phenoxy) is 2. The molecule has 3 aliphatic rings. The Labute approximate surface area is 204 Å². The van der Waals surface area contributed by atoms with Crippen LogP contribution in [-0.4, -0.2) is 66.5 Å². The molecule has 188 valence electrons. The van der Waals surface area contributed by atoms with Gasteiger partial charge in [0.25, 0.3) is 5.91 Å². The first-order chi connectivity index (χ1) is 16.7. The highest BCUT2D eigenvalue weighted by Gasteiger charge is 2.41. The Hall–Kier alpha value is -1.89. The van der Waals surface area contributed by atoms with Gasteiger partial charge in [-0.1, -0.05) is 49.6 Å². The molecule has 1 amide bonds. The SMILES string of the molecule is CCO[C@H]1OC(C(=O)N2CCN(Cc3ccccc3)CC2)=C[C@@H](C2CCCCC2)[C@H]1CCCO. The van der Waals surface area contributed by atoms with Crippen LogP contribution in [0.25, 0.3) is 0 Å². The van der Waals surface area contributed by atoms with E-state index in [0.717, 1.165) is 32.5 Å². The number of benzene rings is 1. The molecule has 1 aliphatic carbocycles. The highest BCUT2D eigenvalue weighted by atomic mass is 16.7. The van der Waals surface area contributed by atoms with E-state index in [9.17, 15) is 9.90 Å². The summed E-state index contributed by atoms with van der Waals surface area (Å²) in [6.07, 6.45) is 9.55. The van der Waals surface area contributed by atoms with Crippen molar-refractivity contribution in [3.05, 3.63) is 47.7 Å². The van der Waals surface area contributed by atoms with E-state index in [-0.39, 0.29) is 24.3 Å². The fourth-order valence-corrected chi connectivity index (χ4v) is 5.94. The number of carbonyl (C=O) groups excluding carboxylic acids is 1. The molecule has 1 saturated heterocycles. The first kappa shape index (κ1) is 25.2. The highest BCUT2D eigenvalue weighted by Crippen LogP contribution is 2.42. The number of allylic oxidation sites excluding steroid dienone is 1. The third-order valence-electron chi connectivity index (χ3n) is 7.77. The fourth-order valence-electron chi connectivity index (χ4n) is 5.94. The largest absolute Gasteiger partial charge is 0.459 e. The maximum absolute atomic E-state index is 13.5. The van der Waals surface area contributed by atoms with Crippen molar-refractivity contribution in [1.82, 2.24) is 9.80 Å². The van der Waals surface area contributed by atoms with Crippen molar-refractivity contribution in [2.24, 2.45) is 17.8 Å². The summed E-state index contributed by atoms with van der Waals surface area (Å²) in [5, 5.41) is 9.47. The van der Waals surface area contributed by atoms with Gasteiger partial charge in [0.2, 0.25) is 6.29 Å². The number of amides is 1. The number of piperazine rings is 1. The number of aliphatic hydroxyl groups is 1. The second-order valence-electron chi connectivity index (χ2n) is 10.0. The van der Waals surface area contributed by atoms with E-state index in [4.69, 9.17) is 9.47 Å². The molecular formula is C28H42N2O4. The lowest BCUT2D eigenvalue weighted by Gasteiger charge is -2.42. The number of hydrogen-bond donors (Lipinski definition) is 1. The van der Waals surface area contributed by atoms with E-state index in [1.807, 2.05) is 17.9 Å². The molecule has 1 aromatic carbocycles. The molecule has 6 heteroatoms. The molecule has 4 rings (SSSR count). The minimum absolute atomic E-state index is 0.00508. The Morgan fingerprint density at radius 3 is 2.50 bits per heavy atom. The van der Waals surface area contributed by atoms with Gasteiger partial charge in [0.15, 0.2) is 5.76 Å². The Bertz CT molecular complexity index is 785. The summed E-state index contributed by atoms with van der Waals surface area (Å²) < 4.78 is 12.3. The quantitative estimate of drug-likeness (QED) is 0.586. The Morgan fingerprint density at radius 2 is 1.82 bits per heavy atom. The topological polar surface area (TPSA) is 62.2 Å². The molecule has 2 fully saturated rings. The molecular weight excluding hydrogens is 428 g/mol. The molecule has 0 spiro atoms. The van der Waals surface area contributed by atoms with E-state index in [1.165, 1.54) is 37.7 Å². The minimum atomic E-state index is -0.410. The minimum Gasteiger partial charge on any atom is -0.459 e. The van der Waals surface area contributed by atoms with Crippen LogP contribution in [-0.2, 0) is 20.8 Å². The van der Waals surface area contributed by atoms with E-state index < -0.39 is 6.29 Å². The van der Waals surface area contributed by atoms with Gasteiger partial charge in [-0.25, -0.2) is 0 Å². The molecule has 0 unspecified atom stereocenters. The van der Waals surface area contributed by atoms with Gasteiger partial charge < -0.3 is 19.5 Å². The van der Waals surface area contributed by atoms with Crippen molar-refractivity contribution < 1.29 is 19.4 Å². The monoisotopic (exact) mass is 470 g/mol. The summed E-state index contributed by atoms with van der Waals surface area (Å²) in [7, 11) is 0. The lowest BCUT2D eigenvalue weighted by molar-refractivity contribution is -0.180. The number of carbonyl (C=O) groups is 1. The summed E-state index contributed by atoms with van der Waals surface area (Å²) in [4.78, 5) is 17.9. The first-order valence-electron chi connectivity index (χ1n) is 13.4. The van der Waals surface area contributed by atoms with E-state index in [1.54, 1.807) is 0 Å². The van der Waals surface area contributed by atoms with Crippen molar-refractivity contribution in [2.45, 2.75) is 64.7 Å².